The monoisotopic (exact) mass is 203 g/mol. The number of hydrogen-bond donors (Lipinski definition) is 0. The lowest BCUT2D eigenvalue weighted by Crippen LogP contribution is -2.10. The molecule has 0 atom stereocenters. The van der Waals surface area contributed by atoms with Crippen LogP contribution in [0.2, 0.25) is 0 Å². The molecule has 0 fully saturated rings. The fourth-order valence-electron chi connectivity index (χ4n) is 0.834. The van der Waals surface area contributed by atoms with Crippen LogP contribution >= 0.6 is 0 Å². The van der Waals surface area contributed by atoms with Gasteiger partial charge in [0.25, 0.3) is 0 Å². The van der Waals surface area contributed by atoms with E-state index in [1.54, 1.807) is 0 Å². The number of aromatic nitrogens is 1. The minimum Gasteiger partial charge on any atom is -0.465 e. The molecule has 0 aliphatic carbocycles. The van der Waals surface area contributed by atoms with Gasteiger partial charge in [0.2, 0.25) is 5.88 Å². The van der Waals surface area contributed by atoms with E-state index in [-0.39, 0.29) is 5.56 Å². The fourth-order valence-corrected chi connectivity index (χ4v) is 0.834. The van der Waals surface area contributed by atoms with Crippen molar-refractivity contribution >= 4 is 5.97 Å². The zero-order chi connectivity index (χ0) is 10.6. The smallest absolute Gasteiger partial charge is 0.388 e. The summed E-state index contributed by atoms with van der Waals surface area (Å²) in [6.07, 6.45) is 1.24. The molecule has 1 heterocycles. The quantitative estimate of drug-likeness (QED) is 0.698. The molecule has 76 valence electrons. The molecule has 1 rings (SSSR count). The summed E-state index contributed by atoms with van der Waals surface area (Å²) in [5.74, 6) is -1.21. The highest BCUT2D eigenvalue weighted by atomic mass is 19.3. The second-order valence-corrected chi connectivity index (χ2v) is 2.23. The molecule has 0 unspecified atom stereocenters. The van der Waals surface area contributed by atoms with Crippen molar-refractivity contribution < 1.29 is 23.0 Å². The molecule has 0 radical (unpaired) electrons. The average Bonchev–Trinajstić information content (AvgIpc) is 2.16. The minimum absolute atomic E-state index is 0.129. The number of esters is 1. The van der Waals surface area contributed by atoms with E-state index in [9.17, 15) is 13.6 Å². The van der Waals surface area contributed by atoms with E-state index in [2.05, 4.69) is 14.5 Å². The van der Waals surface area contributed by atoms with Crippen LogP contribution in [0.3, 0.4) is 0 Å². The minimum atomic E-state index is -3.02. The number of methoxy groups -OCH3 is 1. The van der Waals surface area contributed by atoms with Crippen molar-refractivity contribution in [3.05, 3.63) is 23.9 Å². The van der Waals surface area contributed by atoms with Gasteiger partial charge < -0.3 is 9.47 Å². The van der Waals surface area contributed by atoms with E-state index in [1.807, 2.05) is 0 Å². The van der Waals surface area contributed by atoms with Crippen LogP contribution in [-0.4, -0.2) is 24.7 Å². The molecule has 0 amide bonds. The Kier molecular flexibility index (Phi) is 3.33. The molecule has 0 spiro atoms. The van der Waals surface area contributed by atoms with E-state index in [4.69, 9.17) is 0 Å². The molecule has 0 aliphatic rings. The summed E-state index contributed by atoms with van der Waals surface area (Å²) in [6.45, 7) is -3.02. The largest absolute Gasteiger partial charge is 0.465 e. The Bertz CT molecular complexity index is 330. The van der Waals surface area contributed by atoms with Crippen molar-refractivity contribution in [1.29, 1.82) is 0 Å². The van der Waals surface area contributed by atoms with Crippen molar-refractivity contribution in [3.63, 3.8) is 0 Å². The molecule has 6 heteroatoms. The van der Waals surface area contributed by atoms with Crippen molar-refractivity contribution in [3.8, 4) is 5.88 Å². The molecular weight excluding hydrogens is 196 g/mol. The van der Waals surface area contributed by atoms with Gasteiger partial charge in [-0.3, -0.25) is 0 Å². The number of alkyl halides is 2. The number of rotatable bonds is 3. The van der Waals surface area contributed by atoms with Gasteiger partial charge in [0.15, 0.2) is 0 Å². The van der Waals surface area contributed by atoms with Gasteiger partial charge >= 0.3 is 12.6 Å². The van der Waals surface area contributed by atoms with Gasteiger partial charge in [-0.2, -0.15) is 8.78 Å². The maximum absolute atomic E-state index is 11.9. The molecule has 14 heavy (non-hydrogen) atoms. The number of pyridine rings is 1. The predicted octanol–water partition coefficient (Wildman–Crippen LogP) is 1.47. The third kappa shape index (κ3) is 2.38. The molecule has 1 aromatic rings. The number of hydrogen-bond acceptors (Lipinski definition) is 4. The molecule has 0 aromatic carbocycles. The summed E-state index contributed by atoms with van der Waals surface area (Å²) >= 11 is 0. The van der Waals surface area contributed by atoms with E-state index in [0.29, 0.717) is 0 Å². The molecule has 0 saturated carbocycles. The van der Waals surface area contributed by atoms with Crippen molar-refractivity contribution in [2.45, 2.75) is 6.61 Å². The van der Waals surface area contributed by atoms with Gasteiger partial charge in [0, 0.05) is 6.20 Å². The van der Waals surface area contributed by atoms with Gasteiger partial charge in [0.1, 0.15) is 5.56 Å². The Balaban J connectivity index is 2.97. The van der Waals surface area contributed by atoms with Crippen molar-refractivity contribution in [2.75, 3.05) is 7.11 Å². The molecule has 0 N–H and O–H groups in total. The van der Waals surface area contributed by atoms with E-state index < -0.39 is 18.5 Å². The second kappa shape index (κ2) is 4.50. The average molecular weight is 203 g/mol. The first-order valence-electron chi connectivity index (χ1n) is 3.63. The SMILES string of the molecule is COC(=O)c1cccnc1OC(F)F. The highest BCUT2D eigenvalue weighted by Crippen LogP contribution is 2.17. The number of ether oxygens (including phenoxy) is 2. The molecule has 4 nitrogen and oxygen atoms in total. The van der Waals surface area contributed by atoms with Gasteiger partial charge in [-0.25, -0.2) is 9.78 Å². The van der Waals surface area contributed by atoms with Crippen LogP contribution < -0.4 is 4.74 Å². The summed E-state index contributed by atoms with van der Waals surface area (Å²) in [5, 5.41) is 0. The standard InChI is InChI=1S/C8H7F2NO3/c1-13-7(12)5-3-2-4-11-6(5)14-8(9)10/h2-4,8H,1H3. The van der Waals surface area contributed by atoms with Crippen molar-refractivity contribution in [1.82, 2.24) is 4.98 Å². The molecule has 0 bridgehead atoms. The van der Waals surface area contributed by atoms with Crippen LogP contribution in [0.15, 0.2) is 18.3 Å². The van der Waals surface area contributed by atoms with Crippen LogP contribution in [0.5, 0.6) is 5.88 Å². The first-order chi connectivity index (χ1) is 6.65. The summed E-state index contributed by atoms with van der Waals surface area (Å²) in [6, 6.07) is 2.71. The number of carbonyl (C=O) groups excluding carboxylic acids is 1. The van der Waals surface area contributed by atoms with Crippen LogP contribution in [0.1, 0.15) is 10.4 Å². The highest BCUT2D eigenvalue weighted by molar-refractivity contribution is 5.91. The zero-order valence-corrected chi connectivity index (χ0v) is 7.24. The van der Waals surface area contributed by atoms with Crippen LogP contribution in [0.4, 0.5) is 8.78 Å². The lowest BCUT2D eigenvalue weighted by atomic mass is 10.3. The lowest BCUT2D eigenvalue weighted by molar-refractivity contribution is -0.0534. The molecule has 0 saturated heterocycles. The van der Waals surface area contributed by atoms with E-state index >= 15 is 0 Å². The van der Waals surface area contributed by atoms with E-state index in [0.717, 1.165) is 7.11 Å². The first kappa shape index (κ1) is 10.4. The van der Waals surface area contributed by atoms with Gasteiger partial charge in [-0.15, -0.1) is 0 Å². The molecule has 0 aliphatic heterocycles. The van der Waals surface area contributed by atoms with Crippen LogP contribution in [0, 0.1) is 0 Å². The van der Waals surface area contributed by atoms with Gasteiger partial charge in [-0.1, -0.05) is 0 Å². The number of carbonyl (C=O) groups is 1. The Morgan fingerprint density at radius 3 is 2.86 bits per heavy atom. The first-order valence-corrected chi connectivity index (χ1v) is 3.63. The Morgan fingerprint density at radius 1 is 1.57 bits per heavy atom. The van der Waals surface area contributed by atoms with Crippen molar-refractivity contribution in [2.24, 2.45) is 0 Å². The highest BCUT2D eigenvalue weighted by Gasteiger charge is 2.16. The van der Waals surface area contributed by atoms with Crippen LogP contribution in [-0.2, 0) is 4.74 Å². The Morgan fingerprint density at radius 2 is 2.29 bits per heavy atom. The molecular formula is C8H7F2NO3. The Labute approximate surface area is 78.5 Å². The third-order valence-electron chi connectivity index (χ3n) is 1.38. The number of nitrogens with zero attached hydrogens (tertiary/aromatic N) is 1. The lowest BCUT2D eigenvalue weighted by Gasteiger charge is -2.06. The maximum atomic E-state index is 11.9. The summed E-state index contributed by atoms with van der Waals surface area (Å²) in [7, 11) is 1.14. The predicted molar refractivity (Wildman–Crippen MR) is 42.2 cm³/mol. The third-order valence-corrected chi connectivity index (χ3v) is 1.38. The normalized spacial score (nSPS) is 10.0. The van der Waals surface area contributed by atoms with Crippen LogP contribution in [0.25, 0.3) is 0 Å². The topological polar surface area (TPSA) is 48.4 Å². The maximum Gasteiger partial charge on any atom is 0.388 e. The van der Waals surface area contributed by atoms with Gasteiger partial charge in [0.05, 0.1) is 7.11 Å². The summed E-state index contributed by atoms with van der Waals surface area (Å²) < 4.78 is 32.1. The molecule has 1 aromatic heterocycles. The second-order valence-electron chi connectivity index (χ2n) is 2.23. The number of halogens is 2. The summed E-state index contributed by atoms with van der Waals surface area (Å²) in [5.41, 5.74) is -0.129. The Hall–Kier alpha value is -1.72. The van der Waals surface area contributed by atoms with Gasteiger partial charge in [-0.05, 0) is 12.1 Å². The van der Waals surface area contributed by atoms with E-state index in [1.165, 1.54) is 18.3 Å². The summed E-state index contributed by atoms with van der Waals surface area (Å²) in [4.78, 5) is 14.5. The zero-order valence-electron chi connectivity index (χ0n) is 7.24. The fraction of sp³-hybridized carbons (Fsp3) is 0.250.